The molecule has 51 heavy (non-hydrogen) atoms. The molecule has 12 rings (SSSR count). The summed E-state index contributed by atoms with van der Waals surface area (Å²) in [4.78, 5) is 2.39. The molecule has 4 saturated carbocycles. The molecular formula is C46H42FNO3. The number of anilines is 1. The van der Waals surface area contributed by atoms with E-state index in [1.54, 1.807) is 13.2 Å². The van der Waals surface area contributed by atoms with Crippen LogP contribution < -0.4 is 14.4 Å². The molecule has 2 aliphatic heterocycles. The Labute approximate surface area is 298 Å². The van der Waals surface area contributed by atoms with Gasteiger partial charge in [0.05, 0.1) is 20.3 Å². The molecule has 0 radical (unpaired) electrons. The fraction of sp³-hybridized carbons (Fsp3) is 0.348. The van der Waals surface area contributed by atoms with Crippen molar-refractivity contribution in [1.29, 1.82) is 0 Å². The Balaban J connectivity index is 1.15. The molecule has 0 aromatic heterocycles. The highest BCUT2D eigenvalue weighted by molar-refractivity contribution is 6.08. The van der Waals surface area contributed by atoms with E-state index in [0.717, 1.165) is 66.2 Å². The zero-order chi connectivity index (χ0) is 33.9. The van der Waals surface area contributed by atoms with Gasteiger partial charge in [0.2, 0.25) is 0 Å². The number of methoxy groups -OCH3 is 1. The van der Waals surface area contributed by atoms with E-state index in [-0.39, 0.29) is 11.2 Å². The van der Waals surface area contributed by atoms with E-state index in [0.29, 0.717) is 11.8 Å². The van der Waals surface area contributed by atoms with Gasteiger partial charge >= 0.3 is 0 Å². The van der Waals surface area contributed by atoms with E-state index in [4.69, 9.17) is 14.2 Å². The highest BCUT2D eigenvalue weighted by atomic mass is 19.1. The molecule has 0 amide bonds. The zero-order valence-electron chi connectivity index (χ0n) is 29.0. The molecule has 2 heterocycles. The minimum Gasteiger partial charge on any atom is -0.497 e. The minimum absolute atomic E-state index is 0.126. The maximum Gasteiger partial charge on any atom is 0.178 e. The van der Waals surface area contributed by atoms with Crippen LogP contribution in [0.5, 0.6) is 11.5 Å². The van der Waals surface area contributed by atoms with Crippen LogP contribution in [0, 0.1) is 29.5 Å². The number of hydrogen-bond donors (Lipinski definition) is 0. The van der Waals surface area contributed by atoms with Gasteiger partial charge in [0, 0.05) is 46.3 Å². The summed E-state index contributed by atoms with van der Waals surface area (Å²) in [6.07, 6.45) is 11.0. The third-order valence-corrected chi connectivity index (χ3v) is 13.7. The molecule has 7 aliphatic rings. The molecule has 256 valence electrons. The first kappa shape index (κ1) is 30.1. The smallest absolute Gasteiger partial charge is 0.178 e. The number of halogens is 1. The van der Waals surface area contributed by atoms with E-state index in [2.05, 4.69) is 83.8 Å². The van der Waals surface area contributed by atoms with Gasteiger partial charge in [0.1, 0.15) is 17.3 Å². The second kappa shape index (κ2) is 10.9. The quantitative estimate of drug-likeness (QED) is 0.190. The molecular weight excluding hydrogens is 634 g/mol. The number of fused-ring (bicyclic) bond motifs is 8. The van der Waals surface area contributed by atoms with Crippen molar-refractivity contribution in [2.24, 2.45) is 23.7 Å². The standard InChI is InChI=1S/C46H42FNO3/c1-49-36-13-8-31(9-14-36)45(30-6-11-35(12-7-30)48-18-20-50-21-19-48)17-16-40-43-42(37-4-2-3-5-38(37)44(40)51-45)39-15-10-34(47)27-41(39)46(43)32-23-28-22-29(25-32)26-33(46)24-28/h2-17,27-29,32-33H,18-26H2,1H3. The van der Waals surface area contributed by atoms with Gasteiger partial charge in [-0.2, -0.15) is 0 Å². The predicted octanol–water partition coefficient (Wildman–Crippen LogP) is 9.90. The van der Waals surface area contributed by atoms with Crippen molar-refractivity contribution in [2.45, 2.75) is 43.1 Å². The van der Waals surface area contributed by atoms with Crippen molar-refractivity contribution >= 4 is 22.5 Å². The number of benzene rings is 5. The van der Waals surface area contributed by atoms with Crippen LogP contribution in [0.2, 0.25) is 0 Å². The maximum absolute atomic E-state index is 15.5. The number of nitrogens with zero attached hydrogens (tertiary/aromatic N) is 1. The Bertz CT molecular complexity index is 2210. The van der Waals surface area contributed by atoms with Crippen LogP contribution in [0.25, 0.3) is 28.0 Å². The summed E-state index contributed by atoms with van der Waals surface area (Å²) in [5.41, 5.74) is 8.57. The van der Waals surface area contributed by atoms with Crippen LogP contribution >= 0.6 is 0 Å². The van der Waals surface area contributed by atoms with Crippen molar-refractivity contribution in [3.63, 3.8) is 0 Å². The average Bonchev–Trinajstić information content (AvgIpc) is 3.48. The van der Waals surface area contributed by atoms with Crippen LogP contribution in [-0.2, 0) is 15.8 Å². The van der Waals surface area contributed by atoms with Crippen molar-refractivity contribution in [3.05, 3.63) is 131 Å². The summed E-state index contributed by atoms with van der Waals surface area (Å²) in [6.45, 7) is 3.28. The normalized spacial score (nSPS) is 29.6. The largest absolute Gasteiger partial charge is 0.497 e. The second-order valence-corrected chi connectivity index (χ2v) is 15.9. The SMILES string of the molecule is COc1ccc(C2(c3ccc(N4CCOCC4)cc3)C=Cc3c4c(c5ccccc5c3O2)-c2ccc(F)cc2C42C3CC4CC(C3)CC2C4)cc1. The summed E-state index contributed by atoms with van der Waals surface area (Å²) < 4.78 is 34.3. The third-order valence-electron chi connectivity index (χ3n) is 13.7. The lowest BCUT2D eigenvalue weighted by atomic mass is 9.42. The maximum atomic E-state index is 15.5. The topological polar surface area (TPSA) is 30.9 Å². The van der Waals surface area contributed by atoms with Crippen molar-refractivity contribution in [2.75, 3.05) is 38.3 Å². The van der Waals surface area contributed by atoms with E-state index in [9.17, 15) is 0 Å². The van der Waals surface area contributed by atoms with Crippen molar-refractivity contribution in [1.82, 2.24) is 0 Å². The van der Waals surface area contributed by atoms with Gasteiger partial charge in [-0.25, -0.2) is 4.39 Å². The van der Waals surface area contributed by atoms with E-state index < -0.39 is 5.60 Å². The van der Waals surface area contributed by atoms with Crippen LogP contribution in [-0.4, -0.2) is 33.4 Å². The van der Waals surface area contributed by atoms with Crippen LogP contribution in [0.4, 0.5) is 10.1 Å². The Morgan fingerprint density at radius 2 is 1.43 bits per heavy atom. The molecule has 1 unspecified atom stereocenters. The van der Waals surface area contributed by atoms with Crippen LogP contribution in [0.15, 0.2) is 97.1 Å². The second-order valence-electron chi connectivity index (χ2n) is 15.9. The number of hydrogen-bond acceptors (Lipinski definition) is 4. The van der Waals surface area contributed by atoms with Gasteiger partial charge in [0.15, 0.2) is 5.60 Å². The first-order valence-electron chi connectivity index (χ1n) is 18.9. The summed E-state index contributed by atoms with van der Waals surface area (Å²) in [5, 5.41) is 2.31. The first-order valence-corrected chi connectivity index (χ1v) is 18.9. The molecule has 1 spiro atoms. The number of morpholine rings is 1. The van der Waals surface area contributed by atoms with E-state index in [1.165, 1.54) is 71.0 Å². The predicted molar refractivity (Wildman–Crippen MR) is 200 cm³/mol. The molecule has 0 N–H and O–H groups in total. The molecule has 4 nitrogen and oxygen atoms in total. The van der Waals surface area contributed by atoms with Crippen LogP contribution in [0.3, 0.4) is 0 Å². The molecule has 5 heteroatoms. The lowest BCUT2D eigenvalue weighted by molar-refractivity contribution is -0.0402. The van der Waals surface area contributed by atoms with Gasteiger partial charge in [0.25, 0.3) is 0 Å². The lowest BCUT2D eigenvalue weighted by Crippen LogP contribution is -2.55. The van der Waals surface area contributed by atoms with Crippen molar-refractivity contribution in [3.8, 4) is 22.6 Å². The van der Waals surface area contributed by atoms with Crippen LogP contribution in [0.1, 0.15) is 59.9 Å². The van der Waals surface area contributed by atoms with E-state index in [1.807, 2.05) is 18.2 Å². The third kappa shape index (κ3) is 4.10. The summed E-state index contributed by atoms with van der Waals surface area (Å²) in [6, 6.07) is 31.7. The fourth-order valence-electron chi connectivity index (χ4n) is 11.8. The summed E-state index contributed by atoms with van der Waals surface area (Å²) >= 11 is 0. The lowest BCUT2D eigenvalue weighted by Gasteiger charge is -2.61. The molecule has 5 aliphatic carbocycles. The van der Waals surface area contributed by atoms with Gasteiger partial charge in [-0.1, -0.05) is 60.7 Å². The number of ether oxygens (including phenoxy) is 3. The minimum atomic E-state index is -0.866. The Kier molecular flexibility index (Phi) is 6.45. The van der Waals surface area contributed by atoms with Gasteiger partial charge in [-0.3, -0.25) is 0 Å². The monoisotopic (exact) mass is 675 g/mol. The fourth-order valence-corrected chi connectivity index (χ4v) is 11.8. The molecule has 5 aromatic rings. The zero-order valence-corrected chi connectivity index (χ0v) is 29.0. The molecule has 1 atom stereocenters. The average molecular weight is 676 g/mol. The highest BCUT2D eigenvalue weighted by Crippen LogP contribution is 2.71. The van der Waals surface area contributed by atoms with Gasteiger partial charge in [-0.15, -0.1) is 0 Å². The van der Waals surface area contributed by atoms with Crippen molar-refractivity contribution < 1.29 is 18.6 Å². The Morgan fingerprint density at radius 3 is 2.12 bits per heavy atom. The molecule has 4 bridgehead atoms. The molecule has 5 aromatic carbocycles. The van der Waals surface area contributed by atoms with E-state index >= 15 is 4.39 Å². The molecule has 5 fully saturated rings. The Morgan fingerprint density at radius 1 is 0.765 bits per heavy atom. The summed E-state index contributed by atoms with van der Waals surface area (Å²) in [5.74, 6) is 4.23. The summed E-state index contributed by atoms with van der Waals surface area (Å²) in [7, 11) is 1.71. The molecule has 1 saturated heterocycles. The Hall–Kier alpha value is -4.61. The van der Waals surface area contributed by atoms with Gasteiger partial charge < -0.3 is 19.1 Å². The van der Waals surface area contributed by atoms with Gasteiger partial charge in [-0.05, 0) is 126 Å². The number of rotatable bonds is 4. The highest BCUT2D eigenvalue weighted by Gasteiger charge is 2.63. The first-order chi connectivity index (χ1) is 25.1.